The second-order valence-corrected chi connectivity index (χ2v) is 8.75. The van der Waals surface area contributed by atoms with E-state index in [0.29, 0.717) is 28.6 Å². The molecular weight excluding hydrogens is 452 g/mol. The number of phenolic OH excluding ortho intramolecular Hbond substituents is 1. The fourth-order valence-electron chi connectivity index (χ4n) is 3.67. The van der Waals surface area contributed by atoms with Gasteiger partial charge in [0.05, 0.1) is 24.0 Å². The number of nitrogens with one attached hydrogen (secondary N) is 1. The van der Waals surface area contributed by atoms with Gasteiger partial charge in [0.25, 0.3) is 0 Å². The summed E-state index contributed by atoms with van der Waals surface area (Å²) in [6, 6.07) is 19.1. The summed E-state index contributed by atoms with van der Waals surface area (Å²) in [5.41, 5.74) is 1.04. The van der Waals surface area contributed by atoms with E-state index in [-0.39, 0.29) is 18.1 Å². The second-order valence-electron chi connectivity index (χ2n) is 8.44. The molecule has 176 valence electrons. The Bertz CT molecular complexity index is 1220. The zero-order valence-corrected chi connectivity index (χ0v) is 19.8. The van der Waals surface area contributed by atoms with Crippen molar-refractivity contribution in [3.05, 3.63) is 71.8 Å². The monoisotopic (exact) mass is 478 g/mol. The van der Waals surface area contributed by atoms with Crippen LogP contribution in [0.2, 0.25) is 0 Å². The number of nitrogens with zero attached hydrogens (tertiary/aromatic N) is 1. The third-order valence-corrected chi connectivity index (χ3v) is 5.81. The summed E-state index contributed by atoms with van der Waals surface area (Å²) in [5.74, 6) is -0.318. The molecule has 0 saturated heterocycles. The number of benzene rings is 3. The maximum absolute atomic E-state index is 12.9. The van der Waals surface area contributed by atoms with Crippen LogP contribution in [0.5, 0.6) is 5.75 Å². The molecule has 3 rings (SSSR count). The fourth-order valence-corrected chi connectivity index (χ4v) is 3.76. The highest BCUT2D eigenvalue weighted by molar-refractivity contribution is 7.81. The molecule has 3 aromatic rings. The molecule has 0 saturated carbocycles. The summed E-state index contributed by atoms with van der Waals surface area (Å²) in [4.78, 5) is 24.4. The highest BCUT2D eigenvalue weighted by Gasteiger charge is 2.36. The third-order valence-electron chi connectivity index (χ3n) is 5.55. The van der Waals surface area contributed by atoms with Gasteiger partial charge in [-0.05, 0) is 42.1 Å². The van der Waals surface area contributed by atoms with Crippen molar-refractivity contribution in [1.29, 1.82) is 5.26 Å². The highest BCUT2D eigenvalue weighted by atomic mass is 32.1. The van der Waals surface area contributed by atoms with Crippen molar-refractivity contribution in [2.45, 2.75) is 26.4 Å². The molecular formula is C26H26N2O5S. The molecule has 0 aliphatic heterocycles. The zero-order valence-electron chi connectivity index (χ0n) is 18.9. The molecule has 0 heterocycles. The number of anilines is 1. The lowest BCUT2D eigenvalue weighted by atomic mass is 9.78. The molecule has 2 N–H and O–H groups in total. The molecule has 0 spiro atoms. The van der Waals surface area contributed by atoms with Gasteiger partial charge in [0.1, 0.15) is 11.9 Å². The van der Waals surface area contributed by atoms with Gasteiger partial charge in [-0.15, -0.1) is 0 Å². The minimum atomic E-state index is -0.730. The highest BCUT2D eigenvalue weighted by Crippen LogP contribution is 2.43. The normalized spacial score (nSPS) is 11.9. The summed E-state index contributed by atoms with van der Waals surface area (Å²) in [7, 11) is 0. The summed E-state index contributed by atoms with van der Waals surface area (Å²) < 4.78 is 11.1. The Morgan fingerprint density at radius 2 is 1.76 bits per heavy atom. The van der Waals surface area contributed by atoms with Crippen molar-refractivity contribution in [2.75, 3.05) is 17.7 Å². The lowest BCUT2D eigenvalue weighted by molar-refractivity contribution is -0.141. The first-order valence-electron chi connectivity index (χ1n) is 10.7. The van der Waals surface area contributed by atoms with Crippen LogP contribution in [0.4, 0.5) is 10.5 Å². The first-order valence-corrected chi connectivity index (χ1v) is 11.3. The maximum atomic E-state index is 12.9. The van der Waals surface area contributed by atoms with E-state index in [0.717, 1.165) is 5.39 Å². The quantitative estimate of drug-likeness (QED) is 0.287. The van der Waals surface area contributed by atoms with Gasteiger partial charge in [0, 0.05) is 22.1 Å². The number of fused-ring (bicyclic) bond motifs is 1. The molecule has 0 fully saturated rings. The number of esters is 1. The number of amides is 1. The predicted molar refractivity (Wildman–Crippen MR) is 133 cm³/mol. The van der Waals surface area contributed by atoms with Gasteiger partial charge >= 0.3 is 12.1 Å². The SMILES string of the molecule is CC(C)(CCOC(=O)CS)[C@@H](OC(=O)Nc1ccc(C#N)cc1)c1ccc(O)c2ccccc12. The van der Waals surface area contributed by atoms with Crippen LogP contribution in [0.25, 0.3) is 10.8 Å². The van der Waals surface area contributed by atoms with E-state index in [1.165, 1.54) is 0 Å². The van der Waals surface area contributed by atoms with E-state index in [1.807, 2.05) is 38.1 Å². The molecule has 0 aliphatic carbocycles. The van der Waals surface area contributed by atoms with Crippen LogP contribution in [-0.2, 0) is 14.3 Å². The Hall–Kier alpha value is -3.70. The molecule has 1 atom stereocenters. The number of rotatable bonds is 8. The first-order chi connectivity index (χ1) is 16.2. The van der Waals surface area contributed by atoms with Crippen LogP contribution >= 0.6 is 12.6 Å². The number of aromatic hydroxyl groups is 1. The molecule has 34 heavy (non-hydrogen) atoms. The van der Waals surface area contributed by atoms with Crippen LogP contribution < -0.4 is 5.32 Å². The number of hydrogen-bond donors (Lipinski definition) is 3. The average molecular weight is 479 g/mol. The second kappa shape index (κ2) is 10.9. The van der Waals surface area contributed by atoms with Crippen molar-refractivity contribution < 1.29 is 24.2 Å². The largest absolute Gasteiger partial charge is 0.507 e. The van der Waals surface area contributed by atoms with E-state index in [2.05, 4.69) is 17.9 Å². The molecule has 1 amide bonds. The molecule has 0 radical (unpaired) electrons. The topological polar surface area (TPSA) is 109 Å². The molecule has 3 aromatic carbocycles. The van der Waals surface area contributed by atoms with E-state index in [9.17, 15) is 14.7 Å². The van der Waals surface area contributed by atoms with Gasteiger partial charge in [-0.1, -0.05) is 44.2 Å². The fraction of sp³-hybridized carbons (Fsp3) is 0.269. The van der Waals surface area contributed by atoms with Gasteiger partial charge in [0.2, 0.25) is 0 Å². The first kappa shape index (κ1) is 24.9. The molecule has 0 unspecified atom stereocenters. The van der Waals surface area contributed by atoms with Gasteiger partial charge in [0.15, 0.2) is 0 Å². The van der Waals surface area contributed by atoms with Crippen molar-refractivity contribution in [2.24, 2.45) is 5.41 Å². The lowest BCUT2D eigenvalue weighted by Gasteiger charge is -2.34. The number of thiol groups is 1. The summed E-state index contributed by atoms with van der Waals surface area (Å²) in [6.45, 7) is 3.98. The van der Waals surface area contributed by atoms with Crippen LogP contribution in [0.15, 0.2) is 60.7 Å². The van der Waals surface area contributed by atoms with Crippen LogP contribution in [0, 0.1) is 16.7 Å². The molecule has 0 aromatic heterocycles. The van der Waals surface area contributed by atoms with E-state index < -0.39 is 23.6 Å². The number of phenols is 1. The lowest BCUT2D eigenvalue weighted by Crippen LogP contribution is -2.30. The van der Waals surface area contributed by atoms with E-state index in [1.54, 1.807) is 42.5 Å². The van der Waals surface area contributed by atoms with Crippen LogP contribution in [0.1, 0.15) is 37.5 Å². The van der Waals surface area contributed by atoms with Crippen molar-refractivity contribution in [3.8, 4) is 11.8 Å². The third kappa shape index (κ3) is 6.00. The van der Waals surface area contributed by atoms with E-state index in [4.69, 9.17) is 14.7 Å². The summed E-state index contributed by atoms with van der Waals surface area (Å²) in [5, 5.41) is 23.4. The minimum Gasteiger partial charge on any atom is -0.507 e. The molecule has 8 heteroatoms. The summed E-state index contributed by atoms with van der Waals surface area (Å²) >= 11 is 3.92. The van der Waals surface area contributed by atoms with Gasteiger partial charge < -0.3 is 14.6 Å². The Labute approximate surface area is 203 Å². The number of carbonyl (C=O) groups is 2. The number of hydrogen-bond acceptors (Lipinski definition) is 7. The van der Waals surface area contributed by atoms with Crippen LogP contribution in [-0.4, -0.2) is 29.5 Å². The number of ether oxygens (including phenoxy) is 2. The molecule has 0 aliphatic rings. The summed E-state index contributed by atoms with van der Waals surface area (Å²) in [6.07, 6.45) is -0.991. The molecule has 0 bridgehead atoms. The average Bonchev–Trinajstić information content (AvgIpc) is 2.83. The van der Waals surface area contributed by atoms with Crippen molar-refractivity contribution >= 4 is 41.2 Å². The Morgan fingerprint density at radius 1 is 1.09 bits per heavy atom. The maximum Gasteiger partial charge on any atom is 0.412 e. The van der Waals surface area contributed by atoms with Gasteiger partial charge in [-0.2, -0.15) is 17.9 Å². The minimum absolute atomic E-state index is 0.0179. The van der Waals surface area contributed by atoms with Crippen molar-refractivity contribution in [1.82, 2.24) is 0 Å². The van der Waals surface area contributed by atoms with Gasteiger partial charge in [-0.3, -0.25) is 10.1 Å². The van der Waals surface area contributed by atoms with Crippen molar-refractivity contribution in [3.63, 3.8) is 0 Å². The van der Waals surface area contributed by atoms with Crippen LogP contribution in [0.3, 0.4) is 0 Å². The number of carbonyl (C=O) groups excluding carboxylic acids is 2. The predicted octanol–water partition coefficient (Wildman–Crippen LogP) is 5.60. The Balaban J connectivity index is 1.92. The Kier molecular flexibility index (Phi) is 8.03. The van der Waals surface area contributed by atoms with E-state index >= 15 is 0 Å². The molecule has 7 nitrogen and oxygen atoms in total. The smallest absolute Gasteiger partial charge is 0.412 e. The number of nitriles is 1. The Morgan fingerprint density at radius 3 is 2.41 bits per heavy atom. The van der Waals surface area contributed by atoms with Gasteiger partial charge in [-0.25, -0.2) is 4.79 Å². The zero-order chi connectivity index (χ0) is 24.7. The standard InChI is InChI=1S/C26H26N2O5S/c1-26(2,13-14-32-23(30)16-34)24(21-11-12-22(29)20-6-4-3-5-19(20)21)33-25(31)28-18-9-7-17(15-27)8-10-18/h3-12,24,29,34H,13-14,16H2,1-2H3,(H,28,31)/t24-/m0/s1.